The normalized spacial score (nSPS) is 18.5. The molecule has 1 unspecified atom stereocenters. The zero-order valence-corrected chi connectivity index (χ0v) is 14.1. The monoisotopic (exact) mass is 293 g/mol. The number of hydrogen-bond donors (Lipinski definition) is 1. The summed E-state index contributed by atoms with van der Waals surface area (Å²) in [5.74, 6) is 0. The Kier molecular flexibility index (Phi) is 5.82. The van der Waals surface area contributed by atoms with Gasteiger partial charge in [0.1, 0.15) is 0 Å². The van der Waals surface area contributed by atoms with Crippen molar-refractivity contribution in [3.63, 3.8) is 0 Å². The van der Waals surface area contributed by atoms with Crippen LogP contribution in [0.4, 0.5) is 0 Å². The maximum absolute atomic E-state index is 5.81. The van der Waals surface area contributed by atoms with Crippen molar-refractivity contribution in [2.24, 2.45) is 0 Å². The van der Waals surface area contributed by atoms with Crippen LogP contribution in [-0.4, -0.2) is 35.1 Å². The second kappa shape index (κ2) is 7.41. The van der Waals surface area contributed by atoms with Gasteiger partial charge in [0.05, 0.1) is 11.3 Å². The van der Waals surface area contributed by atoms with Gasteiger partial charge in [-0.25, -0.2) is 0 Å². The third-order valence-electron chi connectivity index (χ3n) is 4.84. The second-order valence-corrected chi connectivity index (χ2v) is 6.20. The lowest BCUT2D eigenvalue weighted by Gasteiger charge is -2.43. The highest BCUT2D eigenvalue weighted by atomic mass is 16.5. The number of methoxy groups -OCH3 is 1. The van der Waals surface area contributed by atoms with Gasteiger partial charge < -0.3 is 10.1 Å². The fourth-order valence-electron chi connectivity index (χ4n) is 3.40. The van der Waals surface area contributed by atoms with Gasteiger partial charge in [-0.2, -0.15) is 5.10 Å². The van der Waals surface area contributed by atoms with E-state index in [4.69, 9.17) is 4.74 Å². The summed E-state index contributed by atoms with van der Waals surface area (Å²) in [6.07, 6.45) is 6.87. The highest BCUT2D eigenvalue weighted by molar-refractivity contribution is 5.12. The van der Waals surface area contributed by atoms with Gasteiger partial charge in [0.2, 0.25) is 0 Å². The van der Waals surface area contributed by atoms with Crippen molar-refractivity contribution in [3.8, 4) is 0 Å². The Labute approximate surface area is 129 Å². The molecule has 1 N–H and O–H groups in total. The molecule has 1 fully saturated rings. The van der Waals surface area contributed by atoms with E-state index in [0.717, 1.165) is 32.4 Å². The summed E-state index contributed by atoms with van der Waals surface area (Å²) in [5.41, 5.74) is 2.68. The standard InChI is InChI=1S/C17H31N3O/c1-5-14-11-16(20(7-3)19-14)12-15(18-6-2)13-17(21-4)9-8-10-17/h11,15,18H,5-10,12-13H2,1-4H3. The second-order valence-electron chi connectivity index (χ2n) is 6.20. The highest BCUT2D eigenvalue weighted by Gasteiger charge is 2.39. The van der Waals surface area contributed by atoms with Crippen molar-refractivity contribution in [2.75, 3.05) is 13.7 Å². The van der Waals surface area contributed by atoms with E-state index in [1.165, 1.54) is 30.7 Å². The van der Waals surface area contributed by atoms with Crippen molar-refractivity contribution in [1.29, 1.82) is 0 Å². The van der Waals surface area contributed by atoms with Crippen LogP contribution in [-0.2, 0) is 24.1 Å². The fraction of sp³-hybridized carbons (Fsp3) is 0.824. The van der Waals surface area contributed by atoms with Gasteiger partial charge in [-0.05, 0) is 51.6 Å². The first-order valence-corrected chi connectivity index (χ1v) is 8.50. The van der Waals surface area contributed by atoms with Gasteiger partial charge in [0.25, 0.3) is 0 Å². The molecule has 120 valence electrons. The Hall–Kier alpha value is -0.870. The van der Waals surface area contributed by atoms with Crippen LogP contribution in [0, 0.1) is 0 Å². The molecular weight excluding hydrogens is 262 g/mol. The fourth-order valence-corrected chi connectivity index (χ4v) is 3.40. The maximum atomic E-state index is 5.81. The van der Waals surface area contributed by atoms with Gasteiger partial charge in [-0.15, -0.1) is 0 Å². The van der Waals surface area contributed by atoms with Crippen LogP contribution in [0.25, 0.3) is 0 Å². The third kappa shape index (κ3) is 3.86. The molecule has 1 heterocycles. The molecule has 4 nitrogen and oxygen atoms in total. The summed E-state index contributed by atoms with van der Waals surface area (Å²) >= 11 is 0. The first kappa shape index (κ1) is 16.5. The van der Waals surface area contributed by atoms with Crippen LogP contribution in [0.2, 0.25) is 0 Å². The molecule has 1 aliphatic carbocycles. The quantitative estimate of drug-likeness (QED) is 0.761. The van der Waals surface area contributed by atoms with E-state index in [1.54, 1.807) is 0 Å². The van der Waals surface area contributed by atoms with Gasteiger partial charge >= 0.3 is 0 Å². The lowest BCUT2D eigenvalue weighted by atomic mass is 9.75. The molecule has 0 aromatic carbocycles. The van der Waals surface area contributed by atoms with E-state index >= 15 is 0 Å². The zero-order valence-electron chi connectivity index (χ0n) is 14.1. The Morgan fingerprint density at radius 3 is 2.62 bits per heavy atom. The predicted octanol–water partition coefficient (Wildman–Crippen LogP) is 2.95. The Bertz CT molecular complexity index is 432. The van der Waals surface area contributed by atoms with E-state index in [0.29, 0.717) is 6.04 Å². The highest BCUT2D eigenvalue weighted by Crippen LogP contribution is 2.39. The van der Waals surface area contributed by atoms with Crippen LogP contribution < -0.4 is 5.32 Å². The molecule has 1 saturated carbocycles. The topological polar surface area (TPSA) is 39.1 Å². The molecule has 4 heteroatoms. The van der Waals surface area contributed by atoms with Gasteiger partial charge in [0.15, 0.2) is 0 Å². The minimum absolute atomic E-state index is 0.123. The molecule has 1 aliphatic rings. The number of hydrogen-bond acceptors (Lipinski definition) is 3. The number of aryl methyl sites for hydroxylation is 2. The van der Waals surface area contributed by atoms with Crippen LogP contribution >= 0.6 is 0 Å². The van der Waals surface area contributed by atoms with Gasteiger partial charge in [-0.1, -0.05) is 13.8 Å². The summed E-state index contributed by atoms with van der Waals surface area (Å²) in [4.78, 5) is 0. The first-order chi connectivity index (χ1) is 10.2. The number of rotatable bonds is 9. The van der Waals surface area contributed by atoms with E-state index < -0.39 is 0 Å². The van der Waals surface area contributed by atoms with E-state index in [9.17, 15) is 0 Å². The summed E-state index contributed by atoms with van der Waals surface area (Å²) in [7, 11) is 1.87. The first-order valence-electron chi connectivity index (χ1n) is 8.50. The Balaban J connectivity index is 2.06. The summed E-state index contributed by atoms with van der Waals surface area (Å²) < 4.78 is 7.96. The number of nitrogens with one attached hydrogen (secondary N) is 1. The lowest BCUT2D eigenvalue weighted by molar-refractivity contribution is -0.0834. The zero-order chi connectivity index (χ0) is 15.3. The molecule has 1 aromatic rings. The van der Waals surface area contributed by atoms with Crippen LogP contribution in [0.3, 0.4) is 0 Å². The van der Waals surface area contributed by atoms with Gasteiger partial charge in [-0.3, -0.25) is 4.68 Å². The molecule has 0 saturated heterocycles. The van der Waals surface area contributed by atoms with Crippen molar-refractivity contribution < 1.29 is 4.74 Å². The van der Waals surface area contributed by atoms with Crippen LogP contribution in [0.15, 0.2) is 6.07 Å². The number of aromatic nitrogens is 2. The summed E-state index contributed by atoms with van der Waals surface area (Å²) in [6.45, 7) is 8.47. The lowest BCUT2D eigenvalue weighted by Crippen LogP contribution is -2.46. The number of nitrogens with zero attached hydrogens (tertiary/aromatic N) is 2. The molecule has 2 rings (SSSR count). The summed E-state index contributed by atoms with van der Waals surface area (Å²) in [6, 6.07) is 2.75. The van der Waals surface area contributed by atoms with Gasteiger partial charge in [0, 0.05) is 31.8 Å². The van der Waals surface area contributed by atoms with Crippen LogP contribution in [0.1, 0.15) is 57.8 Å². The molecule has 0 aliphatic heterocycles. The van der Waals surface area contributed by atoms with Crippen molar-refractivity contribution >= 4 is 0 Å². The number of likely N-dealkylation sites (N-methyl/N-ethyl adjacent to an activating group) is 1. The summed E-state index contributed by atoms with van der Waals surface area (Å²) in [5, 5.41) is 8.32. The molecule has 1 aromatic heterocycles. The molecule has 0 radical (unpaired) electrons. The molecule has 1 atom stereocenters. The Morgan fingerprint density at radius 2 is 2.14 bits per heavy atom. The molecule has 0 spiro atoms. The molecule has 0 amide bonds. The average Bonchev–Trinajstić information content (AvgIpc) is 2.85. The molecule has 0 bridgehead atoms. The van der Waals surface area contributed by atoms with Crippen molar-refractivity contribution in [3.05, 3.63) is 17.5 Å². The van der Waals surface area contributed by atoms with Crippen molar-refractivity contribution in [2.45, 2.75) is 77.5 Å². The average molecular weight is 293 g/mol. The molecular formula is C17H31N3O. The minimum Gasteiger partial charge on any atom is -0.378 e. The van der Waals surface area contributed by atoms with Crippen molar-refractivity contribution in [1.82, 2.24) is 15.1 Å². The molecule has 21 heavy (non-hydrogen) atoms. The van der Waals surface area contributed by atoms with E-state index in [2.05, 4.69) is 41.9 Å². The smallest absolute Gasteiger partial charge is 0.0693 e. The largest absolute Gasteiger partial charge is 0.378 e. The number of ether oxygens (including phenoxy) is 1. The van der Waals surface area contributed by atoms with E-state index in [1.807, 2.05) is 7.11 Å². The third-order valence-corrected chi connectivity index (χ3v) is 4.84. The van der Waals surface area contributed by atoms with Crippen LogP contribution in [0.5, 0.6) is 0 Å². The predicted molar refractivity (Wildman–Crippen MR) is 86.7 cm³/mol. The maximum Gasteiger partial charge on any atom is 0.0693 e. The minimum atomic E-state index is 0.123. The van der Waals surface area contributed by atoms with E-state index in [-0.39, 0.29) is 5.60 Å². The Morgan fingerprint density at radius 1 is 1.38 bits per heavy atom. The SMILES string of the molecule is CCNC(Cc1cc(CC)nn1CC)CC1(OC)CCC1.